The summed E-state index contributed by atoms with van der Waals surface area (Å²) in [5, 5.41) is 1.16. The third-order valence-electron chi connectivity index (χ3n) is 5.00. The van der Waals surface area contributed by atoms with Crippen LogP contribution >= 0.6 is 11.8 Å². The minimum atomic E-state index is -0.0702. The van der Waals surface area contributed by atoms with Gasteiger partial charge in [0.25, 0.3) is 5.56 Å². The number of aromatic nitrogens is 2. The maximum Gasteiger partial charge on any atom is 0.262 e. The summed E-state index contributed by atoms with van der Waals surface area (Å²) in [5.74, 6) is 1.38. The van der Waals surface area contributed by atoms with Crippen molar-refractivity contribution in [1.82, 2.24) is 9.55 Å². The van der Waals surface area contributed by atoms with Gasteiger partial charge in [0.2, 0.25) is 0 Å². The Labute approximate surface area is 172 Å². The van der Waals surface area contributed by atoms with E-state index in [4.69, 9.17) is 9.47 Å². The van der Waals surface area contributed by atoms with Gasteiger partial charge >= 0.3 is 0 Å². The number of nitrogens with zero attached hydrogens (tertiary/aromatic N) is 2. The molecule has 7 heteroatoms. The molecule has 1 aliphatic rings. The van der Waals surface area contributed by atoms with Crippen LogP contribution in [0.1, 0.15) is 36.7 Å². The monoisotopic (exact) mass is 410 g/mol. The van der Waals surface area contributed by atoms with Crippen LogP contribution in [0.15, 0.2) is 52.4 Å². The van der Waals surface area contributed by atoms with E-state index in [1.54, 1.807) is 28.8 Å². The van der Waals surface area contributed by atoms with Crippen molar-refractivity contribution in [3.63, 3.8) is 0 Å². The molecule has 3 aromatic rings. The van der Waals surface area contributed by atoms with Gasteiger partial charge in [-0.3, -0.25) is 14.2 Å². The Bertz CT molecular complexity index is 1130. The highest BCUT2D eigenvalue weighted by atomic mass is 32.2. The molecule has 0 aliphatic carbocycles. The molecule has 2 heterocycles. The molecule has 29 heavy (non-hydrogen) atoms. The number of ketones is 1. The Hall–Kier alpha value is -2.80. The van der Waals surface area contributed by atoms with E-state index in [0.29, 0.717) is 46.3 Å². The lowest BCUT2D eigenvalue weighted by Crippen LogP contribution is -2.26. The average Bonchev–Trinajstić information content (AvgIpc) is 2.76. The summed E-state index contributed by atoms with van der Waals surface area (Å²) in [6.07, 6.45) is 0.795. The molecule has 6 nitrogen and oxygen atoms in total. The highest BCUT2D eigenvalue weighted by molar-refractivity contribution is 7.99. The fraction of sp³-hybridized carbons (Fsp3) is 0.318. The molecule has 0 saturated heterocycles. The summed E-state index contributed by atoms with van der Waals surface area (Å²) in [6.45, 7) is 5.00. The lowest BCUT2D eigenvalue weighted by Gasteiger charge is -2.19. The van der Waals surface area contributed by atoms with Crippen LogP contribution in [0.2, 0.25) is 0 Å². The molecule has 0 fully saturated rings. The van der Waals surface area contributed by atoms with Gasteiger partial charge in [-0.05, 0) is 43.7 Å². The first kappa shape index (κ1) is 19.5. The van der Waals surface area contributed by atoms with E-state index in [2.05, 4.69) is 4.98 Å². The molecule has 150 valence electrons. The lowest BCUT2D eigenvalue weighted by molar-refractivity contribution is 0.102. The van der Waals surface area contributed by atoms with Crippen LogP contribution in [0.25, 0.3) is 10.9 Å². The molecular formula is C22H22N2O4S. The molecule has 0 N–H and O–H groups in total. The summed E-state index contributed by atoms with van der Waals surface area (Å²) in [4.78, 5) is 30.5. The molecule has 1 aromatic heterocycles. The van der Waals surface area contributed by atoms with E-state index in [1.807, 2.05) is 32.0 Å². The van der Waals surface area contributed by atoms with Gasteiger partial charge in [-0.2, -0.15) is 0 Å². The van der Waals surface area contributed by atoms with E-state index in [9.17, 15) is 9.59 Å². The minimum absolute atomic E-state index is 0.00787. The third-order valence-corrected chi connectivity index (χ3v) is 5.96. The molecule has 0 radical (unpaired) electrons. The van der Waals surface area contributed by atoms with Crippen molar-refractivity contribution in [3.05, 3.63) is 58.4 Å². The summed E-state index contributed by atoms with van der Waals surface area (Å²) in [5.41, 5.74) is 1.13. The van der Waals surface area contributed by atoms with Crippen LogP contribution in [-0.2, 0) is 0 Å². The van der Waals surface area contributed by atoms with Crippen molar-refractivity contribution in [3.8, 4) is 11.5 Å². The summed E-state index contributed by atoms with van der Waals surface area (Å²) >= 11 is 1.29. The molecule has 0 spiro atoms. The van der Waals surface area contributed by atoms with Gasteiger partial charge in [0, 0.05) is 11.6 Å². The van der Waals surface area contributed by atoms with Crippen molar-refractivity contribution in [1.29, 1.82) is 0 Å². The van der Waals surface area contributed by atoms with Crippen molar-refractivity contribution in [2.75, 3.05) is 19.0 Å². The number of hydrogen-bond acceptors (Lipinski definition) is 6. The number of ether oxygens (including phenoxy) is 2. The fourth-order valence-electron chi connectivity index (χ4n) is 3.23. The lowest BCUT2D eigenvalue weighted by atomic mass is 10.1. The average molecular weight is 410 g/mol. The topological polar surface area (TPSA) is 70.4 Å². The maximum absolute atomic E-state index is 13.0. The van der Waals surface area contributed by atoms with Gasteiger partial charge in [-0.15, -0.1) is 0 Å². The smallest absolute Gasteiger partial charge is 0.262 e. The molecular weight excluding hydrogens is 388 g/mol. The van der Waals surface area contributed by atoms with E-state index in [0.717, 1.165) is 6.42 Å². The molecule has 1 atom stereocenters. The fourth-order valence-corrected chi connectivity index (χ4v) is 4.22. The minimum Gasteiger partial charge on any atom is -0.486 e. The largest absolute Gasteiger partial charge is 0.486 e. The van der Waals surface area contributed by atoms with E-state index in [-0.39, 0.29) is 23.1 Å². The predicted molar refractivity (Wildman–Crippen MR) is 113 cm³/mol. The van der Waals surface area contributed by atoms with Crippen LogP contribution in [0.5, 0.6) is 11.5 Å². The van der Waals surface area contributed by atoms with E-state index < -0.39 is 0 Å². The number of Topliss-reactive ketones (excluding diaryl/α,β-unsaturated/α-hetero) is 1. The second-order valence-corrected chi connectivity index (χ2v) is 7.86. The van der Waals surface area contributed by atoms with E-state index in [1.165, 1.54) is 11.8 Å². The Kier molecular flexibility index (Phi) is 5.58. The van der Waals surface area contributed by atoms with Gasteiger partial charge in [0.1, 0.15) is 13.2 Å². The standard InChI is InChI=1S/C22H22N2O4S/c1-3-14(2)24-21(26)16-6-4-5-7-17(16)23-22(24)29-13-18(25)15-8-9-19-20(12-15)28-11-10-27-19/h4-9,12,14H,3,10-11,13H2,1-2H3/t14-/m0/s1. The Balaban J connectivity index is 1.62. The number of rotatable bonds is 6. The van der Waals surface area contributed by atoms with Crippen molar-refractivity contribution < 1.29 is 14.3 Å². The van der Waals surface area contributed by atoms with Crippen LogP contribution in [-0.4, -0.2) is 34.3 Å². The zero-order valence-electron chi connectivity index (χ0n) is 16.4. The summed E-state index contributed by atoms with van der Waals surface area (Å²) in [6, 6.07) is 12.5. The number of hydrogen-bond donors (Lipinski definition) is 0. The first-order valence-corrected chi connectivity index (χ1v) is 10.6. The van der Waals surface area contributed by atoms with Gasteiger partial charge in [0.05, 0.1) is 16.7 Å². The Morgan fingerprint density at radius 2 is 1.93 bits per heavy atom. The third kappa shape index (κ3) is 3.87. The van der Waals surface area contributed by atoms with E-state index >= 15 is 0 Å². The highest BCUT2D eigenvalue weighted by Crippen LogP contribution is 2.31. The number of para-hydroxylation sites is 1. The highest BCUT2D eigenvalue weighted by Gasteiger charge is 2.19. The number of benzene rings is 2. The normalized spacial score (nSPS) is 14.0. The van der Waals surface area contributed by atoms with Crippen LogP contribution in [0.3, 0.4) is 0 Å². The van der Waals surface area contributed by atoms with Crippen LogP contribution in [0.4, 0.5) is 0 Å². The van der Waals surface area contributed by atoms with Crippen LogP contribution < -0.4 is 15.0 Å². The van der Waals surface area contributed by atoms with Gasteiger partial charge in [-0.1, -0.05) is 30.8 Å². The maximum atomic E-state index is 13.0. The molecule has 1 aliphatic heterocycles. The van der Waals surface area contributed by atoms with Crippen molar-refractivity contribution in [2.45, 2.75) is 31.5 Å². The number of fused-ring (bicyclic) bond motifs is 2. The molecule has 4 rings (SSSR count). The van der Waals surface area contributed by atoms with Crippen molar-refractivity contribution >= 4 is 28.4 Å². The number of carbonyl (C=O) groups is 1. The van der Waals surface area contributed by atoms with Gasteiger partial charge in [-0.25, -0.2) is 4.98 Å². The first-order chi connectivity index (χ1) is 14.1. The van der Waals surface area contributed by atoms with Gasteiger partial charge in [0.15, 0.2) is 22.4 Å². The second-order valence-electron chi connectivity index (χ2n) is 6.91. The van der Waals surface area contributed by atoms with Crippen LogP contribution in [0, 0.1) is 0 Å². The number of carbonyl (C=O) groups excluding carboxylic acids is 1. The second kappa shape index (κ2) is 8.29. The molecule has 0 bridgehead atoms. The first-order valence-electron chi connectivity index (χ1n) is 9.65. The van der Waals surface area contributed by atoms with Crippen molar-refractivity contribution in [2.24, 2.45) is 0 Å². The molecule has 0 amide bonds. The summed E-state index contributed by atoms with van der Waals surface area (Å²) < 4.78 is 12.8. The molecule has 0 unspecified atom stereocenters. The quantitative estimate of drug-likeness (QED) is 0.346. The van der Waals surface area contributed by atoms with Gasteiger partial charge < -0.3 is 9.47 Å². The zero-order valence-corrected chi connectivity index (χ0v) is 17.2. The SMILES string of the molecule is CC[C@H](C)n1c(SCC(=O)c2ccc3c(c2)OCCO3)nc2ccccc2c1=O. The zero-order chi connectivity index (χ0) is 20.4. The predicted octanol–water partition coefficient (Wildman–Crippen LogP) is 4.11. The Morgan fingerprint density at radius 1 is 1.17 bits per heavy atom. The Morgan fingerprint density at radius 3 is 2.72 bits per heavy atom. The number of thioether (sulfide) groups is 1. The molecule has 2 aromatic carbocycles. The summed E-state index contributed by atoms with van der Waals surface area (Å²) in [7, 11) is 0. The molecule has 0 saturated carbocycles.